The molecule has 126 valence electrons. The summed E-state index contributed by atoms with van der Waals surface area (Å²) in [5.74, 6) is -0.353. The molecule has 7 nitrogen and oxygen atoms in total. The molecule has 2 rings (SSSR count). The number of rotatable bonds is 6. The highest BCUT2D eigenvalue weighted by Crippen LogP contribution is 2.36. The van der Waals surface area contributed by atoms with Gasteiger partial charge in [-0.15, -0.1) is 0 Å². The summed E-state index contributed by atoms with van der Waals surface area (Å²) in [4.78, 5) is 11.9. The lowest BCUT2D eigenvalue weighted by atomic mass is 10.1. The number of carbonyl (C=O) groups is 1. The monoisotopic (exact) mass is 330 g/mol. The summed E-state index contributed by atoms with van der Waals surface area (Å²) in [6.07, 6.45) is 0.0346. The molecule has 0 aliphatic heterocycles. The summed E-state index contributed by atoms with van der Waals surface area (Å²) < 4.78 is 10.1. The van der Waals surface area contributed by atoms with E-state index in [2.05, 4.69) is 10.5 Å². The minimum absolute atomic E-state index is 0.124. The second kappa shape index (κ2) is 7.98. The van der Waals surface area contributed by atoms with Crippen LogP contribution in [0.2, 0.25) is 0 Å². The Morgan fingerprint density at radius 3 is 2.29 bits per heavy atom. The highest BCUT2D eigenvalue weighted by Gasteiger charge is 2.16. The van der Waals surface area contributed by atoms with Crippen LogP contribution in [0.15, 0.2) is 47.6 Å². The quantitative estimate of drug-likeness (QED) is 0.552. The Morgan fingerprint density at radius 1 is 1.17 bits per heavy atom. The number of hydrogen-bond acceptors (Lipinski definition) is 6. The van der Waals surface area contributed by atoms with E-state index in [4.69, 9.17) is 9.47 Å². The largest absolute Gasteiger partial charge is 0.502 e. The fourth-order valence-corrected chi connectivity index (χ4v) is 2.01. The van der Waals surface area contributed by atoms with Crippen LogP contribution in [0.3, 0.4) is 0 Å². The van der Waals surface area contributed by atoms with E-state index in [9.17, 15) is 15.0 Å². The first-order valence-electron chi connectivity index (χ1n) is 7.07. The smallest absolute Gasteiger partial charge is 0.273 e. The third-order valence-electron chi connectivity index (χ3n) is 3.25. The van der Waals surface area contributed by atoms with Gasteiger partial charge >= 0.3 is 0 Å². The first-order chi connectivity index (χ1) is 11.6. The molecule has 0 fully saturated rings. The Balaban J connectivity index is 2.07. The van der Waals surface area contributed by atoms with Crippen LogP contribution in [0.4, 0.5) is 0 Å². The molecule has 0 saturated carbocycles. The molecule has 0 radical (unpaired) electrons. The van der Waals surface area contributed by atoms with Crippen LogP contribution < -0.4 is 14.9 Å². The summed E-state index contributed by atoms with van der Waals surface area (Å²) in [6, 6.07) is 11.6. The minimum Gasteiger partial charge on any atom is -0.502 e. The van der Waals surface area contributed by atoms with Gasteiger partial charge in [0.15, 0.2) is 17.6 Å². The summed E-state index contributed by atoms with van der Waals surface area (Å²) in [5, 5.41) is 23.5. The van der Waals surface area contributed by atoms with E-state index < -0.39 is 12.0 Å². The molecule has 0 saturated heterocycles. The molecule has 0 aliphatic carbocycles. The Kier molecular flexibility index (Phi) is 5.75. The van der Waals surface area contributed by atoms with Gasteiger partial charge in [0.05, 0.1) is 20.4 Å². The van der Waals surface area contributed by atoms with Crippen LogP contribution in [-0.2, 0) is 4.79 Å². The van der Waals surface area contributed by atoms with Gasteiger partial charge < -0.3 is 19.7 Å². The maximum Gasteiger partial charge on any atom is 0.273 e. The van der Waals surface area contributed by atoms with Gasteiger partial charge in [-0.05, 0) is 17.7 Å². The van der Waals surface area contributed by atoms with Crippen LogP contribution in [0.1, 0.15) is 17.2 Å². The van der Waals surface area contributed by atoms with E-state index in [0.717, 1.165) is 0 Å². The van der Waals surface area contributed by atoms with E-state index >= 15 is 0 Å². The van der Waals surface area contributed by atoms with Gasteiger partial charge in [-0.3, -0.25) is 4.79 Å². The van der Waals surface area contributed by atoms with Gasteiger partial charge in [0, 0.05) is 5.56 Å². The highest BCUT2D eigenvalue weighted by atomic mass is 16.5. The van der Waals surface area contributed by atoms with Crippen molar-refractivity contribution in [2.45, 2.75) is 6.10 Å². The fraction of sp³-hybridized carbons (Fsp3) is 0.176. The van der Waals surface area contributed by atoms with Crippen LogP contribution >= 0.6 is 0 Å². The lowest BCUT2D eigenvalue weighted by Gasteiger charge is -2.10. The second-order valence-electron chi connectivity index (χ2n) is 4.82. The topological polar surface area (TPSA) is 100 Å². The molecular formula is C17H18N2O5. The lowest BCUT2D eigenvalue weighted by Crippen LogP contribution is -2.25. The average molecular weight is 330 g/mol. The number of phenols is 1. The molecule has 3 N–H and O–H groups in total. The van der Waals surface area contributed by atoms with Gasteiger partial charge in [0.25, 0.3) is 5.91 Å². The van der Waals surface area contributed by atoms with Gasteiger partial charge in [0.2, 0.25) is 5.75 Å². The number of hydrogen-bond donors (Lipinski definition) is 3. The van der Waals surface area contributed by atoms with Crippen molar-refractivity contribution in [3.05, 3.63) is 53.6 Å². The molecular weight excluding hydrogens is 312 g/mol. The number of nitrogens with one attached hydrogen (secondary N) is 1. The zero-order chi connectivity index (χ0) is 17.5. The number of carbonyl (C=O) groups excluding carboxylic acids is 1. The van der Waals surface area contributed by atoms with Crippen molar-refractivity contribution in [1.29, 1.82) is 0 Å². The molecule has 0 unspecified atom stereocenters. The Bertz CT molecular complexity index is 706. The third-order valence-corrected chi connectivity index (χ3v) is 3.25. The second-order valence-corrected chi connectivity index (χ2v) is 4.82. The van der Waals surface area contributed by atoms with E-state index in [1.54, 1.807) is 30.3 Å². The van der Waals surface area contributed by atoms with Gasteiger partial charge in [-0.2, -0.15) is 5.10 Å². The highest BCUT2D eigenvalue weighted by molar-refractivity contribution is 5.86. The van der Waals surface area contributed by atoms with Crippen molar-refractivity contribution >= 4 is 12.1 Å². The number of hydrazone groups is 1. The first kappa shape index (κ1) is 17.3. The molecule has 0 aromatic heterocycles. The summed E-state index contributed by atoms with van der Waals surface area (Å²) >= 11 is 0. The van der Waals surface area contributed by atoms with Crippen LogP contribution in [-0.4, -0.2) is 36.6 Å². The average Bonchev–Trinajstić information content (AvgIpc) is 2.62. The molecule has 2 aromatic carbocycles. The zero-order valence-corrected chi connectivity index (χ0v) is 13.3. The van der Waals surface area contributed by atoms with E-state index in [-0.39, 0.29) is 17.2 Å². The standard InChI is InChI=1S/C17H18N2O5/c1-23-13-8-11(9-14(24-2)16(13)21)10-18-19-17(22)15(20)12-6-4-3-5-7-12/h3-10,15,20-21H,1-2H3,(H,19,22)/b18-10-/t15-/m1/s1. The van der Waals surface area contributed by atoms with Crippen molar-refractivity contribution in [2.75, 3.05) is 14.2 Å². The molecule has 0 heterocycles. The van der Waals surface area contributed by atoms with Gasteiger partial charge in [0.1, 0.15) is 0 Å². The molecule has 24 heavy (non-hydrogen) atoms. The molecule has 0 aliphatic rings. The number of benzene rings is 2. The molecule has 1 amide bonds. The van der Waals surface area contributed by atoms with Crippen molar-refractivity contribution in [1.82, 2.24) is 5.43 Å². The number of aliphatic hydroxyl groups is 1. The Labute approximate surface area is 139 Å². The number of aromatic hydroxyl groups is 1. The van der Waals surface area contributed by atoms with Crippen molar-refractivity contribution in [3.8, 4) is 17.2 Å². The van der Waals surface area contributed by atoms with Crippen molar-refractivity contribution in [3.63, 3.8) is 0 Å². The minimum atomic E-state index is -1.31. The predicted octanol–water partition coefficient (Wildman–Crippen LogP) is 1.59. The van der Waals surface area contributed by atoms with Gasteiger partial charge in [-0.25, -0.2) is 5.43 Å². The number of ether oxygens (including phenoxy) is 2. The summed E-state index contributed by atoms with van der Waals surface area (Å²) in [7, 11) is 2.82. The van der Waals surface area contributed by atoms with Crippen LogP contribution in [0.25, 0.3) is 0 Å². The summed E-state index contributed by atoms with van der Waals surface area (Å²) in [6.45, 7) is 0. The Hall–Kier alpha value is -3.06. The lowest BCUT2D eigenvalue weighted by molar-refractivity contribution is -0.129. The van der Waals surface area contributed by atoms with Crippen molar-refractivity contribution < 1.29 is 24.5 Å². The number of phenolic OH excluding ortho intramolecular Hbond substituents is 1. The maximum atomic E-state index is 11.9. The number of amides is 1. The van der Waals surface area contributed by atoms with Crippen molar-refractivity contribution in [2.24, 2.45) is 5.10 Å². The van der Waals surface area contributed by atoms with E-state index in [1.807, 2.05) is 0 Å². The SMILES string of the molecule is COc1cc(/C=N\NC(=O)[C@H](O)c2ccccc2)cc(OC)c1O. The normalized spacial score (nSPS) is 12.0. The molecule has 0 bridgehead atoms. The van der Waals surface area contributed by atoms with Crippen LogP contribution in [0.5, 0.6) is 17.2 Å². The number of nitrogens with zero attached hydrogens (tertiary/aromatic N) is 1. The number of aliphatic hydroxyl groups excluding tert-OH is 1. The maximum absolute atomic E-state index is 11.9. The summed E-state index contributed by atoms with van der Waals surface area (Å²) in [5.41, 5.74) is 3.26. The molecule has 7 heteroatoms. The first-order valence-corrected chi connectivity index (χ1v) is 7.07. The molecule has 1 atom stereocenters. The molecule has 2 aromatic rings. The number of methoxy groups -OCH3 is 2. The fourth-order valence-electron chi connectivity index (χ4n) is 2.01. The zero-order valence-electron chi connectivity index (χ0n) is 13.3. The molecule has 0 spiro atoms. The van der Waals surface area contributed by atoms with E-state index in [0.29, 0.717) is 11.1 Å². The van der Waals surface area contributed by atoms with Gasteiger partial charge in [-0.1, -0.05) is 30.3 Å². The third kappa shape index (κ3) is 4.02. The Morgan fingerprint density at radius 2 is 1.75 bits per heavy atom. The van der Waals surface area contributed by atoms with E-state index in [1.165, 1.54) is 32.6 Å². The predicted molar refractivity (Wildman–Crippen MR) is 88.3 cm³/mol. The van der Waals surface area contributed by atoms with Crippen LogP contribution in [0, 0.1) is 0 Å².